The van der Waals surface area contributed by atoms with Crippen LogP contribution in [0.5, 0.6) is 0 Å². The molecular weight excluding hydrogens is 330 g/mol. The molecule has 0 unspecified atom stereocenters. The summed E-state index contributed by atoms with van der Waals surface area (Å²) in [6.45, 7) is 0. The summed E-state index contributed by atoms with van der Waals surface area (Å²) in [6.07, 6.45) is 0. The summed E-state index contributed by atoms with van der Waals surface area (Å²) < 4.78 is 41.7. The van der Waals surface area contributed by atoms with E-state index in [1.165, 1.54) is 12.1 Å². The Hall–Kier alpha value is 0.346. The first-order chi connectivity index (χ1) is 5.02. The molecule has 0 saturated heterocycles. The van der Waals surface area contributed by atoms with Crippen molar-refractivity contribution >= 4 is 10.1 Å². The molecule has 0 aliphatic heterocycles. The summed E-state index contributed by atoms with van der Waals surface area (Å²) in [5, 5.41) is 0. The van der Waals surface area contributed by atoms with Gasteiger partial charge in [-0.15, -0.1) is 0 Å². The van der Waals surface area contributed by atoms with E-state index in [0.717, 1.165) is 12.1 Å². The molecule has 0 atom stereocenters. The van der Waals surface area contributed by atoms with Crippen molar-refractivity contribution in [3.63, 3.8) is 0 Å². The second-order valence-corrected chi connectivity index (χ2v) is 3.30. The third-order valence-corrected chi connectivity index (χ3v) is 2.00. The maximum atomic E-state index is 12.5. The fourth-order valence-corrected chi connectivity index (χ4v) is 1.22. The maximum absolute atomic E-state index is 12.5. The minimum atomic E-state index is -4.41. The number of halogens is 1. The quantitative estimate of drug-likeness (QED) is 0.782. The summed E-state index contributed by atoms with van der Waals surface area (Å²) in [6, 6.07) is 4.62. The van der Waals surface area contributed by atoms with Crippen LogP contribution in [0.3, 0.4) is 0 Å². The van der Waals surface area contributed by atoms with E-state index in [4.69, 9.17) is 4.55 Å². The second-order valence-electron chi connectivity index (χ2n) is 1.91. The zero-order valence-electron chi connectivity index (χ0n) is 5.69. The van der Waals surface area contributed by atoms with Crippen LogP contribution in [0.4, 0.5) is 4.39 Å². The Morgan fingerprint density at radius 2 is 1.75 bits per heavy atom. The predicted molar refractivity (Wildman–Crippen MR) is 36.2 cm³/mol. The van der Waals surface area contributed by atoms with Gasteiger partial charge in [0.15, 0.2) is 0 Å². The van der Waals surface area contributed by atoms with Gasteiger partial charge in [-0.1, -0.05) is 12.1 Å². The van der Waals surface area contributed by atoms with Crippen molar-refractivity contribution in [3.8, 4) is 0 Å². The first kappa shape index (κ1) is 12.3. The van der Waals surface area contributed by atoms with Gasteiger partial charge in [-0.05, 0) is 12.1 Å². The standard InChI is InChI=1S/C6H5FO3S.Tb/c7-5-3-1-2-4-6(5)11(8,9)10;/h1-4H,(H,8,9,10);. The van der Waals surface area contributed by atoms with Gasteiger partial charge in [-0.2, -0.15) is 8.42 Å². The van der Waals surface area contributed by atoms with Crippen LogP contribution in [0.25, 0.3) is 0 Å². The normalized spacial score (nSPS) is 10.5. The molecule has 0 spiro atoms. The van der Waals surface area contributed by atoms with Gasteiger partial charge < -0.3 is 0 Å². The predicted octanol–water partition coefficient (Wildman–Crippen LogP) is 1.07. The molecule has 1 N–H and O–H groups in total. The van der Waals surface area contributed by atoms with Crippen LogP contribution in [0.1, 0.15) is 0 Å². The number of rotatable bonds is 1. The second kappa shape index (κ2) is 4.55. The van der Waals surface area contributed by atoms with E-state index in [9.17, 15) is 12.8 Å². The molecule has 0 fully saturated rings. The van der Waals surface area contributed by atoms with Crippen molar-refractivity contribution in [2.75, 3.05) is 0 Å². The summed E-state index contributed by atoms with van der Waals surface area (Å²) in [5.41, 5.74) is 0. The summed E-state index contributed by atoms with van der Waals surface area (Å²) in [7, 11) is -4.41. The average Bonchev–Trinajstić information content (AvgIpc) is 1.86. The smallest absolute Gasteiger partial charge is 0.282 e. The third kappa shape index (κ3) is 3.00. The molecule has 0 bridgehead atoms. The molecule has 1 radical (unpaired) electrons. The molecule has 0 aliphatic rings. The number of benzene rings is 1. The largest absolute Gasteiger partial charge is 0.297 e. The van der Waals surface area contributed by atoms with Gasteiger partial charge in [-0.3, -0.25) is 4.55 Å². The first-order valence-electron chi connectivity index (χ1n) is 2.74. The molecule has 69 valence electrons. The molecule has 0 aliphatic carbocycles. The average molecular weight is 335 g/mol. The van der Waals surface area contributed by atoms with E-state index < -0.39 is 20.8 Å². The Morgan fingerprint density at radius 1 is 1.25 bits per heavy atom. The minimum Gasteiger partial charge on any atom is -0.282 e. The van der Waals surface area contributed by atoms with Gasteiger partial charge in [0.05, 0.1) is 0 Å². The Labute approximate surface area is 100 Å². The van der Waals surface area contributed by atoms with Gasteiger partial charge in [-0.25, -0.2) is 4.39 Å². The topological polar surface area (TPSA) is 54.4 Å². The van der Waals surface area contributed by atoms with Crippen LogP contribution in [0.15, 0.2) is 29.2 Å². The molecular formula is C6H5FO3STb. The van der Waals surface area contributed by atoms with Crippen molar-refractivity contribution in [1.82, 2.24) is 0 Å². The Kier molecular flexibility index (Phi) is 4.68. The molecule has 3 nitrogen and oxygen atoms in total. The van der Waals surface area contributed by atoms with Gasteiger partial charge in [0.1, 0.15) is 10.7 Å². The van der Waals surface area contributed by atoms with Crippen LogP contribution >= 0.6 is 0 Å². The number of hydrogen-bond acceptors (Lipinski definition) is 2. The molecule has 6 heteroatoms. The Balaban J connectivity index is 0.00000121. The van der Waals surface area contributed by atoms with Crippen LogP contribution < -0.4 is 0 Å². The summed E-state index contributed by atoms with van der Waals surface area (Å²) in [4.78, 5) is -0.694. The van der Waals surface area contributed by atoms with Crippen molar-refractivity contribution in [3.05, 3.63) is 30.1 Å². The van der Waals surface area contributed by atoms with E-state index in [-0.39, 0.29) is 38.6 Å². The van der Waals surface area contributed by atoms with Crippen LogP contribution in [-0.4, -0.2) is 13.0 Å². The third-order valence-electron chi connectivity index (χ3n) is 1.11. The van der Waals surface area contributed by atoms with E-state index in [2.05, 4.69) is 0 Å². The molecule has 1 aromatic rings. The Morgan fingerprint density at radius 3 is 2.08 bits per heavy atom. The molecule has 0 saturated carbocycles. The van der Waals surface area contributed by atoms with Crippen molar-refractivity contribution in [2.45, 2.75) is 4.90 Å². The maximum Gasteiger partial charge on any atom is 0.297 e. The van der Waals surface area contributed by atoms with Gasteiger partial charge in [0, 0.05) is 38.6 Å². The Bertz CT molecular complexity index is 363. The molecule has 1 rings (SSSR count). The minimum absolute atomic E-state index is 0. The molecule has 0 amide bonds. The summed E-state index contributed by atoms with van der Waals surface area (Å²) in [5.74, 6) is -0.949. The fraction of sp³-hybridized carbons (Fsp3) is 0. The molecule has 1 aromatic carbocycles. The van der Waals surface area contributed by atoms with Crippen molar-refractivity contribution in [2.24, 2.45) is 0 Å². The van der Waals surface area contributed by atoms with E-state index >= 15 is 0 Å². The van der Waals surface area contributed by atoms with Crippen LogP contribution in [-0.2, 0) is 10.1 Å². The molecule has 0 heterocycles. The van der Waals surface area contributed by atoms with Crippen molar-refractivity contribution in [1.29, 1.82) is 0 Å². The number of hydrogen-bond donors (Lipinski definition) is 1. The fourth-order valence-electron chi connectivity index (χ4n) is 0.654. The van der Waals surface area contributed by atoms with Gasteiger partial charge in [0.25, 0.3) is 10.1 Å². The van der Waals surface area contributed by atoms with Crippen LogP contribution in [0, 0.1) is 44.4 Å². The zero-order valence-corrected chi connectivity index (χ0v) is 8.65. The zero-order chi connectivity index (χ0) is 8.48. The molecule has 12 heavy (non-hydrogen) atoms. The van der Waals surface area contributed by atoms with E-state index in [1.54, 1.807) is 0 Å². The van der Waals surface area contributed by atoms with E-state index in [1.807, 2.05) is 0 Å². The first-order valence-corrected chi connectivity index (χ1v) is 4.18. The van der Waals surface area contributed by atoms with Gasteiger partial charge >= 0.3 is 0 Å². The van der Waals surface area contributed by atoms with Crippen LogP contribution in [0.2, 0.25) is 0 Å². The SMILES string of the molecule is O=S(=O)(O)c1ccccc1F.[Tb]. The van der Waals surface area contributed by atoms with Gasteiger partial charge in [0.2, 0.25) is 0 Å². The van der Waals surface area contributed by atoms with E-state index in [0.29, 0.717) is 0 Å². The summed E-state index contributed by atoms with van der Waals surface area (Å²) >= 11 is 0. The molecule has 0 aromatic heterocycles. The van der Waals surface area contributed by atoms with Crippen molar-refractivity contribution < 1.29 is 56.0 Å². The monoisotopic (exact) mass is 335 g/mol.